The Morgan fingerprint density at radius 3 is 2.39 bits per heavy atom. The maximum atomic E-state index is 11.6. The molecule has 0 saturated heterocycles. The van der Waals surface area contributed by atoms with Crippen LogP contribution >= 0.6 is 0 Å². The van der Waals surface area contributed by atoms with Crippen LogP contribution in [0.15, 0.2) is 18.3 Å². The Morgan fingerprint density at radius 2 is 1.83 bits per heavy atom. The fraction of sp³-hybridized carbons (Fsp3) is 0.471. The minimum Gasteiger partial charge on any atom is -0.490 e. The third-order valence-electron chi connectivity index (χ3n) is 3.57. The van der Waals surface area contributed by atoms with E-state index in [1.807, 2.05) is 36.7 Å². The van der Waals surface area contributed by atoms with Crippen molar-refractivity contribution in [3.05, 3.63) is 23.9 Å². The van der Waals surface area contributed by atoms with Crippen molar-refractivity contribution in [1.29, 1.82) is 0 Å². The van der Waals surface area contributed by atoms with Crippen LogP contribution in [0.5, 0.6) is 11.5 Å². The van der Waals surface area contributed by atoms with Crippen LogP contribution in [0.4, 0.5) is 0 Å². The third-order valence-corrected chi connectivity index (χ3v) is 3.57. The van der Waals surface area contributed by atoms with Gasteiger partial charge in [0.25, 0.3) is 0 Å². The second-order valence-electron chi connectivity index (χ2n) is 5.08. The lowest BCUT2D eigenvalue weighted by Gasteiger charge is -2.12. The number of nitrogens with zero attached hydrogens (tertiary/aromatic N) is 1. The highest BCUT2D eigenvalue weighted by atomic mass is 16.5. The summed E-state index contributed by atoms with van der Waals surface area (Å²) in [7, 11) is 1.38. The molecule has 2 aromatic rings. The molecule has 0 spiro atoms. The lowest BCUT2D eigenvalue weighted by Crippen LogP contribution is -2.10. The van der Waals surface area contributed by atoms with Gasteiger partial charge in [0.15, 0.2) is 11.5 Å². The second kappa shape index (κ2) is 7.87. The number of rotatable bonds is 8. The predicted molar refractivity (Wildman–Crippen MR) is 89.1 cm³/mol. The van der Waals surface area contributed by atoms with Gasteiger partial charge in [0.1, 0.15) is 6.54 Å². The molecule has 0 bridgehead atoms. The largest absolute Gasteiger partial charge is 0.490 e. The lowest BCUT2D eigenvalue weighted by atomic mass is 10.1. The molecule has 6 nitrogen and oxygen atoms in total. The van der Waals surface area contributed by atoms with E-state index in [0.29, 0.717) is 31.3 Å². The first-order valence-electron chi connectivity index (χ1n) is 7.82. The molecule has 0 radical (unpaired) electrons. The molecule has 1 heterocycles. The second-order valence-corrected chi connectivity index (χ2v) is 5.08. The van der Waals surface area contributed by atoms with Crippen molar-refractivity contribution >= 4 is 16.9 Å². The number of hydrogen-bond donors (Lipinski definition) is 1. The van der Waals surface area contributed by atoms with Gasteiger partial charge in [-0.1, -0.05) is 0 Å². The van der Waals surface area contributed by atoms with Crippen molar-refractivity contribution in [2.75, 3.05) is 26.9 Å². The molecule has 126 valence electrons. The Balaban J connectivity index is 2.58. The van der Waals surface area contributed by atoms with E-state index in [1.165, 1.54) is 7.11 Å². The summed E-state index contributed by atoms with van der Waals surface area (Å²) in [6.45, 7) is 5.64. The van der Waals surface area contributed by atoms with Gasteiger partial charge in [-0.2, -0.15) is 0 Å². The molecule has 6 heteroatoms. The molecule has 2 rings (SSSR count). The van der Waals surface area contributed by atoms with Crippen LogP contribution in [-0.2, 0) is 22.5 Å². The molecule has 0 atom stereocenters. The molecule has 0 fully saturated rings. The smallest absolute Gasteiger partial charge is 0.325 e. The SMILES string of the molecule is CCOc1cc2c(CCN)cn(CC(=O)OC)c2cc1OCC. The third kappa shape index (κ3) is 3.76. The molecule has 0 aliphatic carbocycles. The van der Waals surface area contributed by atoms with Crippen LogP contribution in [0.25, 0.3) is 10.9 Å². The van der Waals surface area contributed by atoms with E-state index in [0.717, 1.165) is 22.9 Å². The number of methoxy groups -OCH3 is 1. The quantitative estimate of drug-likeness (QED) is 0.754. The maximum Gasteiger partial charge on any atom is 0.325 e. The molecule has 0 unspecified atom stereocenters. The summed E-state index contributed by atoms with van der Waals surface area (Å²) >= 11 is 0. The van der Waals surface area contributed by atoms with Gasteiger partial charge in [0.2, 0.25) is 0 Å². The summed E-state index contributed by atoms with van der Waals surface area (Å²) < 4.78 is 18.0. The molecule has 0 aliphatic rings. The zero-order valence-electron chi connectivity index (χ0n) is 13.9. The van der Waals surface area contributed by atoms with E-state index < -0.39 is 0 Å². The minimum atomic E-state index is -0.298. The number of nitrogens with two attached hydrogens (primary N) is 1. The van der Waals surface area contributed by atoms with Crippen molar-refractivity contribution in [3.8, 4) is 11.5 Å². The Morgan fingerprint density at radius 1 is 1.17 bits per heavy atom. The summed E-state index contributed by atoms with van der Waals surface area (Å²) in [5, 5.41) is 1.02. The molecule has 0 amide bonds. The fourth-order valence-electron chi connectivity index (χ4n) is 2.60. The molecule has 1 aromatic heterocycles. The van der Waals surface area contributed by atoms with Crippen LogP contribution in [0.3, 0.4) is 0 Å². The molecular formula is C17H24N2O4. The van der Waals surface area contributed by atoms with Crippen molar-refractivity contribution in [1.82, 2.24) is 4.57 Å². The van der Waals surface area contributed by atoms with Gasteiger partial charge in [-0.15, -0.1) is 0 Å². The van der Waals surface area contributed by atoms with Gasteiger partial charge in [0, 0.05) is 17.6 Å². The van der Waals surface area contributed by atoms with E-state index in [1.54, 1.807) is 0 Å². The van der Waals surface area contributed by atoms with Crippen molar-refractivity contribution < 1.29 is 19.0 Å². The monoisotopic (exact) mass is 320 g/mol. The Labute approximate surface area is 136 Å². The maximum absolute atomic E-state index is 11.6. The van der Waals surface area contributed by atoms with Crippen molar-refractivity contribution in [2.24, 2.45) is 5.73 Å². The topological polar surface area (TPSA) is 75.7 Å². The van der Waals surface area contributed by atoms with Crippen LogP contribution in [0.2, 0.25) is 0 Å². The first kappa shape index (κ1) is 17.1. The van der Waals surface area contributed by atoms with Crippen LogP contribution in [-0.4, -0.2) is 37.4 Å². The average molecular weight is 320 g/mol. The highest BCUT2D eigenvalue weighted by molar-refractivity contribution is 5.88. The summed E-state index contributed by atoms with van der Waals surface area (Å²) in [5.41, 5.74) is 7.69. The zero-order chi connectivity index (χ0) is 16.8. The van der Waals surface area contributed by atoms with E-state index in [-0.39, 0.29) is 12.5 Å². The molecule has 0 saturated carbocycles. The average Bonchev–Trinajstić information content (AvgIpc) is 2.85. The van der Waals surface area contributed by atoms with Crippen LogP contribution in [0, 0.1) is 0 Å². The van der Waals surface area contributed by atoms with Gasteiger partial charge in [-0.3, -0.25) is 4.79 Å². The van der Waals surface area contributed by atoms with Gasteiger partial charge in [0.05, 0.1) is 25.8 Å². The van der Waals surface area contributed by atoms with Crippen LogP contribution in [0.1, 0.15) is 19.4 Å². The Kier molecular flexibility index (Phi) is 5.87. The number of aromatic nitrogens is 1. The standard InChI is InChI=1S/C17H24N2O4/c1-4-22-15-8-13-12(6-7-18)10-19(11-17(20)21-3)14(13)9-16(15)23-5-2/h8-10H,4-7,11,18H2,1-3H3. The summed E-state index contributed by atoms with van der Waals surface area (Å²) in [5.74, 6) is 1.08. The molecule has 23 heavy (non-hydrogen) atoms. The van der Waals surface area contributed by atoms with Gasteiger partial charge >= 0.3 is 5.97 Å². The summed E-state index contributed by atoms with van der Waals surface area (Å²) in [4.78, 5) is 11.6. The normalized spacial score (nSPS) is 10.8. The highest BCUT2D eigenvalue weighted by Crippen LogP contribution is 2.35. The lowest BCUT2D eigenvalue weighted by molar-refractivity contribution is -0.141. The molecule has 2 N–H and O–H groups in total. The Hall–Kier alpha value is -2.21. The number of carbonyl (C=O) groups is 1. The van der Waals surface area contributed by atoms with Gasteiger partial charge in [-0.25, -0.2) is 0 Å². The van der Waals surface area contributed by atoms with E-state index in [9.17, 15) is 4.79 Å². The minimum absolute atomic E-state index is 0.150. The number of fused-ring (bicyclic) bond motifs is 1. The number of carbonyl (C=O) groups excluding carboxylic acids is 1. The zero-order valence-corrected chi connectivity index (χ0v) is 13.9. The first-order valence-corrected chi connectivity index (χ1v) is 7.82. The van der Waals surface area contributed by atoms with Crippen molar-refractivity contribution in [2.45, 2.75) is 26.8 Å². The van der Waals surface area contributed by atoms with Crippen LogP contribution < -0.4 is 15.2 Å². The van der Waals surface area contributed by atoms with Crippen molar-refractivity contribution in [3.63, 3.8) is 0 Å². The summed E-state index contributed by atoms with van der Waals surface area (Å²) in [6, 6.07) is 3.87. The molecule has 1 aromatic carbocycles. The fourth-order valence-corrected chi connectivity index (χ4v) is 2.60. The van der Waals surface area contributed by atoms with Gasteiger partial charge in [-0.05, 0) is 38.4 Å². The highest BCUT2D eigenvalue weighted by Gasteiger charge is 2.16. The molecular weight excluding hydrogens is 296 g/mol. The predicted octanol–water partition coefficient (Wildman–Crippen LogP) is 2.11. The Bertz CT molecular complexity index is 679. The molecule has 0 aliphatic heterocycles. The number of hydrogen-bond acceptors (Lipinski definition) is 5. The number of esters is 1. The first-order chi connectivity index (χ1) is 11.1. The summed E-state index contributed by atoms with van der Waals surface area (Å²) in [6.07, 6.45) is 2.67. The van der Waals surface area contributed by atoms with E-state index >= 15 is 0 Å². The van der Waals surface area contributed by atoms with Gasteiger partial charge < -0.3 is 24.5 Å². The number of benzene rings is 1. The number of ether oxygens (including phenoxy) is 3. The van der Waals surface area contributed by atoms with E-state index in [4.69, 9.17) is 19.9 Å². The van der Waals surface area contributed by atoms with E-state index in [2.05, 4.69) is 0 Å².